The van der Waals surface area contributed by atoms with Crippen molar-refractivity contribution in [1.29, 1.82) is 0 Å². The van der Waals surface area contributed by atoms with Crippen molar-refractivity contribution < 1.29 is 9.18 Å². The van der Waals surface area contributed by atoms with E-state index in [2.05, 4.69) is 5.32 Å². The Morgan fingerprint density at radius 3 is 2.64 bits per heavy atom. The molecule has 2 nitrogen and oxygen atoms in total. The lowest BCUT2D eigenvalue weighted by atomic mass is 10.2. The smallest absolute Gasteiger partial charge is 0.252 e. The highest BCUT2D eigenvalue weighted by Crippen LogP contribution is 2.13. The fraction of sp³-hybridized carbons (Fsp3) is 0.300. The van der Waals surface area contributed by atoms with Gasteiger partial charge in [-0.1, -0.05) is 0 Å². The summed E-state index contributed by atoms with van der Waals surface area (Å²) in [6.07, 6.45) is 0. The zero-order valence-electron chi connectivity index (χ0n) is 7.97. The van der Waals surface area contributed by atoms with Crippen molar-refractivity contribution in [1.82, 2.24) is 5.32 Å². The molecule has 0 aromatic heterocycles. The second-order valence-corrected chi connectivity index (χ2v) is 4.41. The third kappa shape index (κ3) is 2.94. The molecule has 0 fully saturated rings. The standard InChI is InChI=1S/C10H11FINO/c1-6(2)13-10(14)8-4-3-7(11)5-9(8)12/h3-6H,1-2H3,(H,13,14). The van der Waals surface area contributed by atoms with Crippen LogP contribution in [0.5, 0.6) is 0 Å². The molecule has 0 unspecified atom stereocenters. The molecular weight excluding hydrogens is 296 g/mol. The van der Waals surface area contributed by atoms with Crippen molar-refractivity contribution in [2.24, 2.45) is 0 Å². The highest BCUT2D eigenvalue weighted by molar-refractivity contribution is 14.1. The molecule has 0 radical (unpaired) electrons. The number of rotatable bonds is 2. The first-order chi connectivity index (χ1) is 6.50. The van der Waals surface area contributed by atoms with E-state index in [-0.39, 0.29) is 17.8 Å². The van der Waals surface area contributed by atoms with Gasteiger partial charge in [0.2, 0.25) is 0 Å². The first-order valence-electron chi connectivity index (χ1n) is 4.26. The topological polar surface area (TPSA) is 29.1 Å². The van der Waals surface area contributed by atoms with Crippen molar-refractivity contribution in [2.75, 3.05) is 0 Å². The maximum atomic E-state index is 12.7. The molecule has 14 heavy (non-hydrogen) atoms. The molecule has 0 saturated heterocycles. The Hall–Kier alpha value is -0.650. The quantitative estimate of drug-likeness (QED) is 0.836. The molecule has 0 bridgehead atoms. The molecule has 0 aliphatic carbocycles. The van der Waals surface area contributed by atoms with Crippen LogP contribution < -0.4 is 5.32 Å². The minimum atomic E-state index is -0.324. The lowest BCUT2D eigenvalue weighted by molar-refractivity contribution is 0.0942. The molecule has 0 aliphatic rings. The van der Waals surface area contributed by atoms with Crippen molar-refractivity contribution in [3.63, 3.8) is 0 Å². The number of hydrogen-bond donors (Lipinski definition) is 1. The second-order valence-electron chi connectivity index (χ2n) is 3.25. The van der Waals surface area contributed by atoms with E-state index in [1.54, 1.807) is 0 Å². The summed E-state index contributed by atoms with van der Waals surface area (Å²) in [5, 5.41) is 2.75. The lowest BCUT2D eigenvalue weighted by Crippen LogP contribution is -2.30. The summed E-state index contributed by atoms with van der Waals surface area (Å²) in [5.41, 5.74) is 0.515. The van der Waals surface area contributed by atoms with Crippen LogP contribution in [0.15, 0.2) is 18.2 Å². The van der Waals surface area contributed by atoms with Crippen LogP contribution in [0, 0.1) is 9.39 Å². The minimum absolute atomic E-state index is 0.0864. The van der Waals surface area contributed by atoms with Gasteiger partial charge in [0.25, 0.3) is 5.91 Å². The molecule has 1 aromatic rings. The van der Waals surface area contributed by atoms with E-state index in [9.17, 15) is 9.18 Å². The van der Waals surface area contributed by atoms with E-state index in [1.807, 2.05) is 36.4 Å². The normalized spacial score (nSPS) is 10.4. The summed E-state index contributed by atoms with van der Waals surface area (Å²) >= 11 is 1.95. The number of amides is 1. The number of halogens is 2. The molecule has 1 N–H and O–H groups in total. The first kappa shape index (κ1) is 11.4. The largest absolute Gasteiger partial charge is 0.350 e. The van der Waals surface area contributed by atoms with Crippen molar-refractivity contribution in [3.8, 4) is 0 Å². The van der Waals surface area contributed by atoms with Crippen LogP contribution in [-0.2, 0) is 0 Å². The molecule has 0 spiro atoms. The maximum Gasteiger partial charge on any atom is 0.252 e. The monoisotopic (exact) mass is 307 g/mol. The van der Waals surface area contributed by atoms with Gasteiger partial charge in [0.1, 0.15) is 5.82 Å². The molecule has 0 atom stereocenters. The average Bonchev–Trinajstić information content (AvgIpc) is 2.01. The van der Waals surface area contributed by atoms with E-state index < -0.39 is 0 Å². The van der Waals surface area contributed by atoms with Gasteiger partial charge in [-0.05, 0) is 54.6 Å². The molecule has 0 heterocycles. The van der Waals surface area contributed by atoms with Crippen molar-refractivity contribution >= 4 is 28.5 Å². The van der Waals surface area contributed by atoms with Crippen LogP contribution in [0.2, 0.25) is 0 Å². The van der Waals surface area contributed by atoms with Crippen LogP contribution >= 0.6 is 22.6 Å². The Morgan fingerprint density at radius 2 is 2.14 bits per heavy atom. The van der Waals surface area contributed by atoms with Gasteiger partial charge < -0.3 is 5.32 Å². The fourth-order valence-electron chi connectivity index (χ4n) is 1.01. The van der Waals surface area contributed by atoms with Crippen molar-refractivity contribution in [3.05, 3.63) is 33.1 Å². The third-order valence-electron chi connectivity index (χ3n) is 1.60. The molecule has 4 heteroatoms. The number of nitrogens with one attached hydrogen (secondary N) is 1. The second kappa shape index (κ2) is 4.72. The molecule has 1 amide bonds. The predicted molar refractivity (Wildman–Crippen MR) is 61.7 cm³/mol. The zero-order chi connectivity index (χ0) is 10.7. The van der Waals surface area contributed by atoms with Gasteiger partial charge in [-0.2, -0.15) is 0 Å². The van der Waals surface area contributed by atoms with Crippen LogP contribution in [0.1, 0.15) is 24.2 Å². The van der Waals surface area contributed by atoms with E-state index in [0.29, 0.717) is 9.13 Å². The summed E-state index contributed by atoms with van der Waals surface area (Å²) < 4.78 is 13.4. The van der Waals surface area contributed by atoms with Gasteiger partial charge >= 0.3 is 0 Å². The van der Waals surface area contributed by atoms with Gasteiger partial charge in [0.15, 0.2) is 0 Å². The minimum Gasteiger partial charge on any atom is -0.350 e. The van der Waals surface area contributed by atoms with Gasteiger partial charge in [0.05, 0.1) is 5.56 Å². The van der Waals surface area contributed by atoms with E-state index in [4.69, 9.17) is 0 Å². The highest BCUT2D eigenvalue weighted by atomic mass is 127. The molecule has 0 saturated carbocycles. The third-order valence-corrected chi connectivity index (χ3v) is 2.49. The van der Waals surface area contributed by atoms with Gasteiger partial charge in [-0.3, -0.25) is 4.79 Å². The number of carbonyl (C=O) groups excluding carboxylic acids is 1. The van der Waals surface area contributed by atoms with E-state index in [0.717, 1.165) is 0 Å². The number of carbonyl (C=O) groups is 1. The van der Waals surface area contributed by atoms with Crippen LogP contribution in [0.4, 0.5) is 4.39 Å². The maximum absolute atomic E-state index is 12.7. The number of hydrogen-bond acceptors (Lipinski definition) is 1. The highest BCUT2D eigenvalue weighted by Gasteiger charge is 2.10. The van der Waals surface area contributed by atoms with Crippen LogP contribution in [0.3, 0.4) is 0 Å². The summed E-state index contributed by atoms with van der Waals surface area (Å²) in [7, 11) is 0. The Bertz CT molecular complexity index is 352. The van der Waals surface area contributed by atoms with E-state index >= 15 is 0 Å². The summed E-state index contributed by atoms with van der Waals surface area (Å²) in [4.78, 5) is 11.5. The SMILES string of the molecule is CC(C)NC(=O)c1ccc(F)cc1I. The van der Waals surface area contributed by atoms with Gasteiger partial charge in [-0.25, -0.2) is 4.39 Å². The fourth-order valence-corrected chi connectivity index (χ4v) is 1.74. The Labute approximate surface area is 96.0 Å². The van der Waals surface area contributed by atoms with Crippen LogP contribution in [0.25, 0.3) is 0 Å². The lowest BCUT2D eigenvalue weighted by Gasteiger charge is -2.09. The number of benzene rings is 1. The molecule has 1 aromatic carbocycles. The van der Waals surface area contributed by atoms with E-state index in [1.165, 1.54) is 18.2 Å². The predicted octanol–water partition coefficient (Wildman–Crippen LogP) is 2.57. The van der Waals surface area contributed by atoms with Gasteiger partial charge in [0, 0.05) is 9.61 Å². The summed E-state index contributed by atoms with van der Waals surface area (Å²) in [5.74, 6) is -0.486. The Balaban J connectivity index is 2.90. The van der Waals surface area contributed by atoms with Gasteiger partial charge in [-0.15, -0.1) is 0 Å². The molecule has 0 aliphatic heterocycles. The first-order valence-corrected chi connectivity index (χ1v) is 5.34. The molecular formula is C10H11FINO. The Kier molecular flexibility index (Phi) is 3.86. The van der Waals surface area contributed by atoms with Crippen LogP contribution in [-0.4, -0.2) is 11.9 Å². The summed E-state index contributed by atoms with van der Waals surface area (Å²) in [6.45, 7) is 3.77. The molecule has 76 valence electrons. The summed E-state index contributed by atoms with van der Waals surface area (Å²) in [6, 6.07) is 4.21. The average molecular weight is 307 g/mol. The van der Waals surface area contributed by atoms with Crippen molar-refractivity contribution in [2.45, 2.75) is 19.9 Å². The molecule has 1 rings (SSSR count). The Morgan fingerprint density at radius 1 is 1.50 bits per heavy atom. The zero-order valence-corrected chi connectivity index (χ0v) is 10.1.